The number of carbonyl (C=O) groups excluding carboxylic acids is 1. The molecule has 0 unspecified atom stereocenters. The molecule has 0 N–H and O–H groups in total. The van der Waals surface area contributed by atoms with Gasteiger partial charge in [-0.15, -0.1) is 0 Å². The first kappa shape index (κ1) is 17.1. The third kappa shape index (κ3) is 4.16. The number of ether oxygens (including phenoxy) is 1. The quantitative estimate of drug-likeness (QED) is 0.484. The van der Waals surface area contributed by atoms with Gasteiger partial charge in [0.15, 0.2) is 0 Å². The average Bonchev–Trinajstić information content (AvgIpc) is 2.48. The summed E-state index contributed by atoms with van der Waals surface area (Å²) < 4.78 is 45.0. The molecule has 2 aromatic carbocycles. The normalized spacial score (nSPS) is 11.3. The van der Waals surface area contributed by atoms with Crippen LogP contribution >= 0.6 is 34.4 Å². The Balaban J connectivity index is 2.42. The average molecular weight is 438 g/mol. The number of halogens is 4. The maximum Gasteiger partial charge on any atom is 0.417 e. The molecule has 0 fully saturated rings. The fourth-order valence-electron chi connectivity index (χ4n) is 1.71. The fourth-order valence-corrected chi connectivity index (χ4v) is 3.02. The molecule has 0 saturated heterocycles. The SMILES string of the molecule is COC(=O)c1ccc(Sc2ccc(I)cc2)c(C(F)(F)F)c1. The molecule has 7 heteroatoms. The molecule has 2 rings (SSSR count). The van der Waals surface area contributed by atoms with Crippen molar-refractivity contribution in [3.8, 4) is 0 Å². The Kier molecular flexibility index (Phi) is 5.38. The van der Waals surface area contributed by atoms with E-state index < -0.39 is 17.7 Å². The second-order valence-corrected chi connectivity index (χ2v) is 6.62. The molecule has 0 atom stereocenters. The first-order valence-electron chi connectivity index (χ1n) is 6.04. The van der Waals surface area contributed by atoms with Crippen LogP contribution in [0.25, 0.3) is 0 Å². The van der Waals surface area contributed by atoms with Gasteiger partial charge in [0, 0.05) is 13.4 Å². The monoisotopic (exact) mass is 438 g/mol. The lowest BCUT2D eigenvalue weighted by Gasteiger charge is -2.13. The van der Waals surface area contributed by atoms with Crippen LogP contribution in [0, 0.1) is 3.57 Å². The minimum atomic E-state index is -4.55. The predicted octanol–water partition coefficient (Wildman–Crippen LogP) is 5.25. The summed E-state index contributed by atoms with van der Waals surface area (Å²) >= 11 is 3.12. The van der Waals surface area contributed by atoms with Gasteiger partial charge >= 0.3 is 12.1 Å². The number of alkyl halides is 3. The van der Waals surface area contributed by atoms with Crippen molar-refractivity contribution in [2.24, 2.45) is 0 Å². The third-order valence-electron chi connectivity index (χ3n) is 2.75. The molecule has 22 heavy (non-hydrogen) atoms. The van der Waals surface area contributed by atoms with Crippen molar-refractivity contribution in [2.75, 3.05) is 7.11 Å². The second-order valence-electron chi connectivity index (χ2n) is 4.26. The van der Waals surface area contributed by atoms with Gasteiger partial charge < -0.3 is 4.74 Å². The van der Waals surface area contributed by atoms with Gasteiger partial charge in [0.05, 0.1) is 18.2 Å². The summed E-state index contributed by atoms with van der Waals surface area (Å²) in [5.74, 6) is -0.795. The minimum Gasteiger partial charge on any atom is -0.465 e. The van der Waals surface area contributed by atoms with Crippen LogP contribution in [0.5, 0.6) is 0 Å². The lowest BCUT2D eigenvalue weighted by molar-refractivity contribution is -0.139. The van der Waals surface area contributed by atoms with Gasteiger partial charge in [0.2, 0.25) is 0 Å². The highest BCUT2D eigenvalue weighted by molar-refractivity contribution is 14.1. The smallest absolute Gasteiger partial charge is 0.417 e. The Morgan fingerprint density at radius 3 is 2.32 bits per heavy atom. The predicted molar refractivity (Wildman–Crippen MR) is 86.1 cm³/mol. The van der Waals surface area contributed by atoms with Crippen LogP contribution in [-0.4, -0.2) is 13.1 Å². The van der Waals surface area contributed by atoms with E-state index in [1.807, 2.05) is 12.1 Å². The Morgan fingerprint density at radius 1 is 1.14 bits per heavy atom. The summed E-state index contributed by atoms with van der Waals surface area (Å²) in [4.78, 5) is 12.1. The zero-order chi connectivity index (χ0) is 16.3. The standard InChI is InChI=1S/C15H10F3IO2S/c1-21-14(20)9-2-7-13(12(8-9)15(16,17)18)22-11-5-3-10(19)4-6-11/h2-8H,1H3. The molecule has 0 aliphatic carbocycles. The third-order valence-corrected chi connectivity index (χ3v) is 4.55. The minimum absolute atomic E-state index is 0.0429. The van der Waals surface area contributed by atoms with Crippen LogP contribution in [0.1, 0.15) is 15.9 Å². The maximum atomic E-state index is 13.2. The van der Waals surface area contributed by atoms with Gasteiger partial charge in [0.1, 0.15) is 0 Å². The van der Waals surface area contributed by atoms with E-state index in [2.05, 4.69) is 27.3 Å². The first-order valence-corrected chi connectivity index (χ1v) is 7.94. The molecular weight excluding hydrogens is 428 g/mol. The van der Waals surface area contributed by atoms with Crippen LogP contribution in [-0.2, 0) is 10.9 Å². The summed E-state index contributed by atoms with van der Waals surface area (Å²) in [6.07, 6.45) is -4.55. The van der Waals surface area contributed by atoms with E-state index in [-0.39, 0.29) is 10.5 Å². The highest BCUT2D eigenvalue weighted by Gasteiger charge is 2.34. The van der Waals surface area contributed by atoms with Crippen molar-refractivity contribution in [3.63, 3.8) is 0 Å². The molecular formula is C15H10F3IO2S. The first-order chi connectivity index (χ1) is 10.3. The molecule has 0 spiro atoms. The number of methoxy groups -OCH3 is 1. The van der Waals surface area contributed by atoms with Crippen LogP contribution in [0.2, 0.25) is 0 Å². The number of esters is 1. The van der Waals surface area contributed by atoms with E-state index in [1.54, 1.807) is 12.1 Å². The van der Waals surface area contributed by atoms with Crippen molar-refractivity contribution in [1.82, 2.24) is 0 Å². The summed E-state index contributed by atoms with van der Waals surface area (Å²) in [5, 5.41) is 0. The van der Waals surface area contributed by atoms with Crippen LogP contribution in [0.15, 0.2) is 52.3 Å². The molecule has 2 aromatic rings. The Labute approximate surface area is 143 Å². The highest BCUT2D eigenvalue weighted by Crippen LogP contribution is 2.40. The summed E-state index contributed by atoms with van der Waals surface area (Å²) in [6.45, 7) is 0. The molecule has 0 aliphatic rings. The molecule has 116 valence electrons. The van der Waals surface area contributed by atoms with Gasteiger partial charge in [-0.05, 0) is 65.1 Å². The van der Waals surface area contributed by atoms with Crippen LogP contribution < -0.4 is 0 Å². The zero-order valence-electron chi connectivity index (χ0n) is 11.3. The second kappa shape index (κ2) is 6.91. The van der Waals surface area contributed by atoms with Crippen molar-refractivity contribution >= 4 is 40.3 Å². The Morgan fingerprint density at radius 2 is 1.77 bits per heavy atom. The fraction of sp³-hybridized carbons (Fsp3) is 0.133. The molecule has 0 amide bonds. The molecule has 0 radical (unpaired) electrons. The molecule has 0 heterocycles. The maximum absolute atomic E-state index is 13.2. The van der Waals surface area contributed by atoms with E-state index >= 15 is 0 Å². The van der Waals surface area contributed by atoms with E-state index in [9.17, 15) is 18.0 Å². The highest BCUT2D eigenvalue weighted by atomic mass is 127. The number of benzene rings is 2. The number of hydrogen-bond donors (Lipinski definition) is 0. The molecule has 0 aliphatic heterocycles. The van der Waals surface area contributed by atoms with Crippen molar-refractivity contribution in [2.45, 2.75) is 16.0 Å². The molecule has 0 aromatic heterocycles. The zero-order valence-corrected chi connectivity index (χ0v) is 14.3. The van der Waals surface area contributed by atoms with Gasteiger partial charge in [-0.3, -0.25) is 0 Å². The number of carbonyl (C=O) groups is 1. The summed E-state index contributed by atoms with van der Waals surface area (Å²) in [5.41, 5.74) is -0.972. The van der Waals surface area contributed by atoms with E-state index in [1.165, 1.54) is 12.1 Å². The van der Waals surface area contributed by atoms with Crippen molar-refractivity contribution in [1.29, 1.82) is 0 Å². The van der Waals surface area contributed by atoms with E-state index in [0.29, 0.717) is 4.90 Å². The Hall–Kier alpha value is -1.22. The van der Waals surface area contributed by atoms with Crippen LogP contribution in [0.4, 0.5) is 13.2 Å². The van der Waals surface area contributed by atoms with Crippen molar-refractivity contribution < 1.29 is 22.7 Å². The number of hydrogen-bond acceptors (Lipinski definition) is 3. The Bertz CT molecular complexity index is 684. The summed E-state index contributed by atoms with van der Waals surface area (Å²) in [7, 11) is 1.13. The molecule has 0 bridgehead atoms. The van der Waals surface area contributed by atoms with E-state index in [0.717, 1.165) is 28.5 Å². The summed E-state index contributed by atoms with van der Waals surface area (Å²) in [6, 6.07) is 10.6. The molecule has 0 saturated carbocycles. The van der Waals surface area contributed by atoms with Gasteiger partial charge in [-0.2, -0.15) is 13.2 Å². The largest absolute Gasteiger partial charge is 0.465 e. The molecule has 2 nitrogen and oxygen atoms in total. The van der Waals surface area contributed by atoms with E-state index in [4.69, 9.17) is 0 Å². The van der Waals surface area contributed by atoms with Crippen LogP contribution in [0.3, 0.4) is 0 Å². The number of rotatable bonds is 3. The topological polar surface area (TPSA) is 26.3 Å². The van der Waals surface area contributed by atoms with Gasteiger partial charge in [-0.25, -0.2) is 4.79 Å². The van der Waals surface area contributed by atoms with Gasteiger partial charge in [-0.1, -0.05) is 11.8 Å². The lowest BCUT2D eigenvalue weighted by Crippen LogP contribution is -2.10. The van der Waals surface area contributed by atoms with Crippen molar-refractivity contribution in [3.05, 3.63) is 57.2 Å². The van der Waals surface area contributed by atoms with Gasteiger partial charge in [0.25, 0.3) is 0 Å². The lowest BCUT2D eigenvalue weighted by atomic mass is 10.1.